The van der Waals surface area contributed by atoms with Crippen molar-refractivity contribution in [2.45, 2.75) is 50.9 Å². The summed E-state index contributed by atoms with van der Waals surface area (Å²) in [7, 11) is 0. The molecule has 2 rings (SSSR count). The summed E-state index contributed by atoms with van der Waals surface area (Å²) in [5, 5.41) is 4.28. The van der Waals surface area contributed by atoms with Gasteiger partial charge in [-0.05, 0) is 39.7 Å². The minimum absolute atomic E-state index is 0.00976. The van der Waals surface area contributed by atoms with Gasteiger partial charge in [0.2, 0.25) is 0 Å². The maximum Gasteiger partial charge on any atom is 0.471 e. The third kappa shape index (κ3) is 3.11. The van der Waals surface area contributed by atoms with Crippen molar-refractivity contribution in [3.63, 3.8) is 0 Å². The zero-order chi connectivity index (χ0) is 16.8. The Bertz CT molecular complexity index is 551. The molecular formula is C14H21F3N4O. The molecule has 5 nitrogen and oxygen atoms in total. The van der Waals surface area contributed by atoms with Gasteiger partial charge in [0.15, 0.2) is 0 Å². The van der Waals surface area contributed by atoms with E-state index >= 15 is 0 Å². The summed E-state index contributed by atoms with van der Waals surface area (Å²) in [4.78, 5) is 12.1. The number of carbonyl (C=O) groups is 1. The largest absolute Gasteiger partial charge is 0.471 e. The first kappa shape index (κ1) is 16.8. The van der Waals surface area contributed by atoms with Crippen LogP contribution in [-0.4, -0.2) is 39.9 Å². The number of hydrogen-bond acceptors (Lipinski definition) is 3. The van der Waals surface area contributed by atoms with E-state index in [0.29, 0.717) is 0 Å². The molecule has 2 N–H and O–H groups in total. The maximum absolute atomic E-state index is 12.5. The van der Waals surface area contributed by atoms with Crippen molar-refractivity contribution in [2.24, 2.45) is 5.73 Å². The van der Waals surface area contributed by atoms with Crippen molar-refractivity contribution in [3.05, 3.63) is 18.0 Å². The van der Waals surface area contributed by atoms with E-state index in [0.717, 1.165) is 10.6 Å². The highest BCUT2D eigenvalue weighted by atomic mass is 19.4. The highest BCUT2D eigenvalue weighted by molar-refractivity contribution is 5.82. The number of piperidine rings is 1. The van der Waals surface area contributed by atoms with Crippen molar-refractivity contribution in [1.29, 1.82) is 0 Å². The summed E-state index contributed by atoms with van der Waals surface area (Å²) < 4.78 is 39.3. The Labute approximate surface area is 127 Å². The zero-order valence-electron chi connectivity index (χ0n) is 12.9. The van der Waals surface area contributed by atoms with Gasteiger partial charge in [0.1, 0.15) is 0 Å². The first-order valence-corrected chi connectivity index (χ1v) is 7.15. The number of likely N-dealkylation sites (tertiary alicyclic amines) is 1. The van der Waals surface area contributed by atoms with Gasteiger partial charge in [0, 0.05) is 19.3 Å². The van der Waals surface area contributed by atoms with Gasteiger partial charge < -0.3 is 10.6 Å². The molecule has 1 fully saturated rings. The van der Waals surface area contributed by atoms with Crippen LogP contribution in [0.5, 0.6) is 0 Å². The lowest BCUT2D eigenvalue weighted by Gasteiger charge is -2.40. The normalized spacial score (nSPS) is 19.3. The van der Waals surface area contributed by atoms with Gasteiger partial charge in [0.05, 0.1) is 16.8 Å². The predicted molar refractivity (Wildman–Crippen MR) is 75.0 cm³/mol. The van der Waals surface area contributed by atoms with Crippen molar-refractivity contribution in [1.82, 2.24) is 14.7 Å². The van der Waals surface area contributed by atoms with Crippen LogP contribution in [0.4, 0.5) is 13.2 Å². The number of aromatic nitrogens is 2. The third-order valence-corrected chi connectivity index (χ3v) is 3.97. The molecule has 0 aromatic carbocycles. The number of rotatable bonds is 1. The molecule has 1 aromatic heterocycles. The lowest BCUT2D eigenvalue weighted by Crippen LogP contribution is -2.53. The van der Waals surface area contributed by atoms with Gasteiger partial charge in [-0.3, -0.25) is 9.48 Å². The van der Waals surface area contributed by atoms with Crippen LogP contribution in [0.2, 0.25) is 0 Å². The van der Waals surface area contributed by atoms with Gasteiger partial charge in [-0.15, -0.1) is 0 Å². The minimum Gasteiger partial charge on any atom is -0.335 e. The molecular weight excluding hydrogens is 297 g/mol. The molecule has 22 heavy (non-hydrogen) atoms. The van der Waals surface area contributed by atoms with Gasteiger partial charge in [0.25, 0.3) is 0 Å². The monoisotopic (exact) mass is 318 g/mol. The number of amides is 1. The SMILES string of the molecule is CC(C)(C)n1nccc1C1(N)CCN(C(=O)C(F)(F)F)CC1. The first-order chi connectivity index (χ1) is 9.95. The molecule has 8 heteroatoms. The molecule has 2 heterocycles. The molecule has 0 radical (unpaired) electrons. The molecule has 124 valence electrons. The van der Waals surface area contributed by atoms with Crippen molar-refractivity contribution >= 4 is 5.91 Å². The average molecular weight is 318 g/mol. The fraction of sp³-hybridized carbons (Fsp3) is 0.714. The second kappa shape index (κ2) is 5.26. The summed E-state index contributed by atoms with van der Waals surface area (Å²) in [5.41, 5.74) is 6.16. The molecule has 0 bridgehead atoms. The Balaban J connectivity index is 2.17. The molecule has 1 aromatic rings. The fourth-order valence-corrected chi connectivity index (χ4v) is 2.76. The van der Waals surface area contributed by atoms with Crippen LogP contribution in [0.25, 0.3) is 0 Å². The molecule has 1 saturated heterocycles. The van der Waals surface area contributed by atoms with Crippen LogP contribution in [0, 0.1) is 0 Å². The van der Waals surface area contributed by atoms with Gasteiger partial charge in [-0.2, -0.15) is 18.3 Å². The molecule has 1 aliphatic heterocycles. The molecule has 1 amide bonds. The quantitative estimate of drug-likeness (QED) is 0.861. The lowest BCUT2D eigenvalue weighted by molar-refractivity contribution is -0.187. The number of nitrogens with two attached hydrogens (primary N) is 1. The molecule has 0 atom stereocenters. The molecule has 0 saturated carbocycles. The van der Waals surface area contributed by atoms with E-state index in [1.165, 1.54) is 0 Å². The Morgan fingerprint density at radius 3 is 2.27 bits per heavy atom. The number of alkyl halides is 3. The van der Waals surface area contributed by atoms with Gasteiger partial charge >= 0.3 is 12.1 Å². The number of hydrogen-bond donors (Lipinski definition) is 1. The first-order valence-electron chi connectivity index (χ1n) is 7.15. The van der Waals surface area contributed by atoms with E-state index in [-0.39, 0.29) is 31.5 Å². The molecule has 0 aliphatic carbocycles. The summed E-state index contributed by atoms with van der Waals surface area (Å²) in [5.74, 6) is -1.79. The van der Waals surface area contributed by atoms with Crippen LogP contribution in [0.3, 0.4) is 0 Å². The zero-order valence-corrected chi connectivity index (χ0v) is 12.9. The smallest absolute Gasteiger partial charge is 0.335 e. The molecule has 0 unspecified atom stereocenters. The number of carbonyl (C=O) groups excluding carboxylic acids is 1. The highest BCUT2D eigenvalue weighted by Crippen LogP contribution is 2.33. The molecule has 0 spiro atoms. The molecule has 1 aliphatic rings. The van der Waals surface area contributed by atoms with Crippen LogP contribution < -0.4 is 5.73 Å². The van der Waals surface area contributed by atoms with E-state index in [1.54, 1.807) is 16.9 Å². The van der Waals surface area contributed by atoms with Crippen LogP contribution in [-0.2, 0) is 15.9 Å². The topological polar surface area (TPSA) is 64.2 Å². The van der Waals surface area contributed by atoms with Crippen molar-refractivity contribution < 1.29 is 18.0 Å². The summed E-state index contributed by atoms with van der Waals surface area (Å²) in [6.45, 7) is 5.92. The van der Waals surface area contributed by atoms with E-state index in [4.69, 9.17) is 5.73 Å². The second-order valence-corrected chi connectivity index (χ2v) is 6.75. The van der Waals surface area contributed by atoms with Crippen LogP contribution in [0.1, 0.15) is 39.3 Å². The average Bonchev–Trinajstić information content (AvgIpc) is 2.87. The summed E-state index contributed by atoms with van der Waals surface area (Å²) in [6.07, 6.45) is -2.64. The Hall–Kier alpha value is -1.57. The van der Waals surface area contributed by atoms with E-state index in [2.05, 4.69) is 5.10 Å². The predicted octanol–water partition coefficient (Wildman–Crippen LogP) is 1.98. The van der Waals surface area contributed by atoms with Crippen molar-refractivity contribution in [2.75, 3.05) is 13.1 Å². The highest BCUT2D eigenvalue weighted by Gasteiger charge is 2.46. The van der Waals surface area contributed by atoms with E-state index in [9.17, 15) is 18.0 Å². The van der Waals surface area contributed by atoms with Crippen molar-refractivity contribution in [3.8, 4) is 0 Å². The minimum atomic E-state index is -4.83. The summed E-state index contributed by atoms with van der Waals surface area (Å²) >= 11 is 0. The standard InChI is InChI=1S/C14H21F3N4O/c1-12(2,3)21-10(4-7-19-21)13(18)5-8-20(9-6-13)11(22)14(15,16)17/h4,7H,5-6,8-9,18H2,1-3H3. The summed E-state index contributed by atoms with van der Waals surface area (Å²) in [6, 6.07) is 1.80. The Morgan fingerprint density at radius 2 is 1.82 bits per heavy atom. The van der Waals surface area contributed by atoms with Crippen LogP contribution in [0.15, 0.2) is 12.3 Å². The number of halogens is 3. The Morgan fingerprint density at radius 1 is 1.27 bits per heavy atom. The number of nitrogens with zero attached hydrogens (tertiary/aromatic N) is 3. The lowest BCUT2D eigenvalue weighted by atomic mass is 9.84. The van der Waals surface area contributed by atoms with E-state index < -0.39 is 17.6 Å². The third-order valence-electron chi connectivity index (χ3n) is 3.97. The van der Waals surface area contributed by atoms with Gasteiger partial charge in [-0.25, -0.2) is 0 Å². The Kier molecular flexibility index (Phi) is 4.01. The van der Waals surface area contributed by atoms with Crippen LogP contribution >= 0.6 is 0 Å². The second-order valence-electron chi connectivity index (χ2n) is 6.75. The van der Waals surface area contributed by atoms with Gasteiger partial charge in [-0.1, -0.05) is 0 Å². The maximum atomic E-state index is 12.5. The van der Waals surface area contributed by atoms with E-state index in [1.807, 2.05) is 20.8 Å². The fourth-order valence-electron chi connectivity index (χ4n) is 2.76.